The lowest BCUT2D eigenvalue weighted by Gasteiger charge is -2.28. The number of esters is 1. The summed E-state index contributed by atoms with van der Waals surface area (Å²) < 4.78 is 22.4. The molecule has 0 spiro atoms. The fourth-order valence-corrected chi connectivity index (χ4v) is 4.79. The highest BCUT2D eigenvalue weighted by Gasteiger charge is 2.32. The van der Waals surface area contributed by atoms with E-state index in [-0.39, 0.29) is 18.8 Å². The van der Waals surface area contributed by atoms with Crippen molar-refractivity contribution in [2.45, 2.75) is 32.7 Å². The number of amides is 2. The third-order valence-corrected chi connectivity index (χ3v) is 7.00. The number of urea groups is 1. The van der Waals surface area contributed by atoms with Gasteiger partial charge in [-0.05, 0) is 55.8 Å². The number of hydrogen-bond acceptors (Lipinski definition) is 9. The molecule has 1 aliphatic rings. The molecule has 0 aliphatic carbocycles. The van der Waals surface area contributed by atoms with Crippen LogP contribution in [0.5, 0.6) is 17.2 Å². The van der Waals surface area contributed by atoms with Crippen LogP contribution in [0.25, 0.3) is 0 Å². The highest BCUT2D eigenvalue weighted by Crippen LogP contribution is 2.35. The second kappa shape index (κ2) is 15.3. The number of methoxy groups -OCH3 is 1. The second-order valence-corrected chi connectivity index (χ2v) is 10.3. The molecule has 3 aromatic carbocycles. The van der Waals surface area contributed by atoms with E-state index in [1.807, 2.05) is 25.1 Å². The maximum atomic E-state index is 12.4. The van der Waals surface area contributed by atoms with Gasteiger partial charge in [0.15, 0.2) is 17.7 Å². The number of halogens is 2. The molecule has 44 heavy (non-hydrogen) atoms. The number of hydrazone groups is 1. The lowest BCUT2D eigenvalue weighted by atomic mass is 9.95. The van der Waals surface area contributed by atoms with Gasteiger partial charge in [-0.2, -0.15) is 5.10 Å². The van der Waals surface area contributed by atoms with Crippen molar-refractivity contribution in [2.24, 2.45) is 5.10 Å². The quantitative estimate of drug-likeness (QED) is 0.0875. The molecule has 2 amide bonds. The van der Waals surface area contributed by atoms with Gasteiger partial charge in [-0.1, -0.05) is 47.5 Å². The molecule has 0 unspecified atom stereocenters. The standard InChI is InChI=1S/C31H32Cl2N4O7/c1-4-42-26-13-19(29-28(30(39)41-3)18(2)35-31(40)36-29)10-12-25(26)44-17-27(38)37-34-15-20-7-5-6-8-24(20)43-16-21-9-11-22(32)14-23(21)33/h5-15,27,29,37-38H,4,16-17H2,1-3H3,(H2,35,36,40)/b34-15+/t27-,29-/m0/s1. The van der Waals surface area contributed by atoms with Gasteiger partial charge in [0, 0.05) is 26.9 Å². The van der Waals surface area contributed by atoms with Crippen LogP contribution in [-0.4, -0.2) is 49.9 Å². The lowest BCUT2D eigenvalue weighted by Crippen LogP contribution is -2.45. The minimum absolute atomic E-state index is 0.166. The Kier molecular flexibility index (Phi) is 11.3. The number of nitrogens with one attached hydrogen (secondary N) is 3. The van der Waals surface area contributed by atoms with Crippen molar-refractivity contribution < 1.29 is 33.6 Å². The summed E-state index contributed by atoms with van der Waals surface area (Å²) in [6, 6.07) is 16.3. The molecule has 0 bridgehead atoms. The Morgan fingerprint density at radius 3 is 2.61 bits per heavy atom. The number of carbonyl (C=O) groups excluding carboxylic acids is 2. The fraction of sp³-hybridized carbons (Fsp3) is 0.258. The normalized spacial score (nSPS) is 15.3. The van der Waals surface area contributed by atoms with Gasteiger partial charge < -0.3 is 34.7 Å². The van der Waals surface area contributed by atoms with E-state index in [9.17, 15) is 14.7 Å². The molecule has 13 heteroatoms. The maximum Gasteiger partial charge on any atom is 0.337 e. The van der Waals surface area contributed by atoms with Gasteiger partial charge in [0.25, 0.3) is 0 Å². The second-order valence-electron chi connectivity index (χ2n) is 9.48. The molecule has 0 radical (unpaired) electrons. The molecule has 2 atom stereocenters. The zero-order valence-electron chi connectivity index (χ0n) is 24.2. The molecule has 0 aromatic heterocycles. The smallest absolute Gasteiger partial charge is 0.337 e. The molecule has 4 N–H and O–H groups in total. The largest absolute Gasteiger partial charge is 0.490 e. The van der Waals surface area contributed by atoms with Crippen LogP contribution in [0.3, 0.4) is 0 Å². The number of carbonyl (C=O) groups is 2. The number of allylic oxidation sites excluding steroid dienone is 1. The van der Waals surface area contributed by atoms with E-state index in [2.05, 4.69) is 21.2 Å². The van der Waals surface area contributed by atoms with Crippen molar-refractivity contribution in [3.63, 3.8) is 0 Å². The Labute approximate surface area is 264 Å². The number of hydrogen-bond donors (Lipinski definition) is 4. The zero-order chi connectivity index (χ0) is 31.6. The van der Waals surface area contributed by atoms with E-state index in [0.29, 0.717) is 50.7 Å². The van der Waals surface area contributed by atoms with E-state index in [0.717, 1.165) is 5.56 Å². The monoisotopic (exact) mass is 642 g/mol. The summed E-state index contributed by atoms with van der Waals surface area (Å²) in [6.07, 6.45) is 0.353. The molecule has 4 rings (SSSR count). The van der Waals surface area contributed by atoms with Gasteiger partial charge >= 0.3 is 12.0 Å². The average molecular weight is 644 g/mol. The molecule has 1 aliphatic heterocycles. The van der Waals surface area contributed by atoms with Gasteiger partial charge in [0.1, 0.15) is 19.0 Å². The van der Waals surface area contributed by atoms with Crippen molar-refractivity contribution in [1.82, 2.24) is 16.1 Å². The van der Waals surface area contributed by atoms with Gasteiger partial charge in [0.2, 0.25) is 0 Å². The van der Waals surface area contributed by atoms with Crippen LogP contribution >= 0.6 is 23.2 Å². The molecule has 232 valence electrons. The van der Waals surface area contributed by atoms with E-state index in [4.69, 9.17) is 42.1 Å². The molecule has 0 saturated heterocycles. The number of para-hydroxylation sites is 1. The Bertz CT molecular complexity index is 1560. The van der Waals surface area contributed by atoms with Crippen LogP contribution in [0.4, 0.5) is 4.79 Å². The molecular formula is C31H32Cl2N4O7. The van der Waals surface area contributed by atoms with E-state index in [1.165, 1.54) is 13.3 Å². The van der Waals surface area contributed by atoms with Crippen LogP contribution in [0, 0.1) is 0 Å². The Balaban J connectivity index is 1.39. The third kappa shape index (κ3) is 8.34. The van der Waals surface area contributed by atoms with Crippen molar-refractivity contribution in [3.8, 4) is 17.2 Å². The first kappa shape index (κ1) is 32.5. The van der Waals surface area contributed by atoms with Crippen LogP contribution in [0.2, 0.25) is 10.0 Å². The van der Waals surface area contributed by atoms with Crippen LogP contribution in [0.1, 0.15) is 36.6 Å². The van der Waals surface area contributed by atoms with Gasteiger partial charge in [-0.3, -0.25) is 5.43 Å². The predicted octanol–water partition coefficient (Wildman–Crippen LogP) is 5.09. The summed E-state index contributed by atoms with van der Waals surface area (Å²) in [5.74, 6) is 0.706. The minimum Gasteiger partial charge on any atom is -0.490 e. The lowest BCUT2D eigenvalue weighted by molar-refractivity contribution is -0.136. The van der Waals surface area contributed by atoms with Crippen molar-refractivity contribution in [3.05, 3.63) is 98.7 Å². The summed E-state index contributed by atoms with van der Waals surface area (Å²) in [7, 11) is 1.27. The first-order valence-electron chi connectivity index (χ1n) is 13.6. The summed E-state index contributed by atoms with van der Waals surface area (Å²) in [5.41, 5.74) is 5.31. The molecule has 3 aromatic rings. The molecular weight excluding hydrogens is 611 g/mol. The summed E-state index contributed by atoms with van der Waals surface area (Å²) in [4.78, 5) is 24.6. The average Bonchev–Trinajstić information content (AvgIpc) is 3.00. The Morgan fingerprint density at radius 1 is 1.07 bits per heavy atom. The summed E-state index contributed by atoms with van der Waals surface area (Å²) >= 11 is 12.2. The Morgan fingerprint density at radius 2 is 1.86 bits per heavy atom. The van der Waals surface area contributed by atoms with Gasteiger partial charge in [-0.15, -0.1) is 0 Å². The topological polar surface area (TPSA) is 140 Å². The fourth-order valence-electron chi connectivity index (χ4n) is 4.33. The maximum absolute atomic E-state index is 12.4. The first-order valence-corrected chi connectivity index (χ1v) is 14.3. The van der Waals surface area contributed by atoms with E-state index < -0.39 is 24.3 Å². The van der Waals surface area contributed by atoms with E-state index in [1.54, 1.807) is 49.4 Å². The number of rotatable bonds is 13. The van der Waals surface area contributed by atoms with Gasteiger partial charge in [-0.25, -0.2) is 9.59 Å². The third-order valence-electron chi connectivity index (χ3n) is 6.42. The van der Waals surface area contributed by atoms with Gasteiger partial charge in [0.05, 0.1) is 31.5 Å². The zero-order valence-corrected chi connectivity index (χ0v) is 25.7. The highest BCUT2D eigenvalue weighted by molar-refractivity contribution is 6.35. The first-order chi connectivity index (χ1) is 21.2. The minimum atomic E-state index is -1.17. The number of ether oxygens (including phenoxy) is 4. The molecule has 0 fully saturated rings. The number of benzene rings is 3. The Hall–Kier alpha value is -4.45. The summed E-state index contributed by atoms with van der Waals surface area (Å²) in [5, 5.41) is 21.0. The van der Waals surface area contributed by atoms with E-state index >= 15 is 0 Å². The van der Waals surface area contributed by atoms with Crippen LogP contribution < -0.4 is 30.3 Å². The molecule has 11 nitrogen and oxygen atoms in total. The van der Waals surface area contributed by atoms with Crippen LogP contribution in [0.15, 0.2) is 77.0 Å². The number of nitrogens with zero attached hydrogens (tertiary/aromatic N) is 1. The van der Waals surface area contributed by atoms with Crippen molar-refractivity contribution in [1.29, 1.82) is 0 Å². The highest BCUT2D eigenvalue weighted by atomic mass is 35.5. The van der Waals surface area contributed by atoms with Crippen molar-refractivity contribution in [2.75, 3.05) is 20.3 Å². The predicted molar refractivity (Wildman–Crippen MR) is 166 cm³/mol. The van der Waals surface area contributed by atoms with Crippen molar-refractivity contribution >= 4 is 41.4 Å². The molecule has 0 saturated carbocycles. The number of aliphatic hydroxyl groups excluding tert-OH is 1. The van der Waals surface area contributed by atoms with Crippen LogP contribution in [-0.2, 0) is 16.1 Å². The SMILES string of the molecule is CCOc1cc([C@@H]2NC(=O)NC(C)=C2C(=O)OC)ccc1OC[C@H](O)N/N=C/c1ccccc1OCc1ccc(Cl)cc1Cl. The summed E-state index contributed by atoms with van der Waals surface area (Å²) in [6.45, 7) is 3.83. The molecule has 1 heterocycles. The number of aliphatic hydroxyl groups is 1.